The predicted molar refractivity (Wildman–Crippen MR) is 117 cm³/mol. The summed E-state index contributed by atoms with van der Waals surface area (Å²) in [7, 11) is 5.95. The van der Waals surface area contributed by atoms with E-state index in [0.717, 1.165) is 16.8 Å². The molecule has 0 aliphatic heterocycles. The molecule has 3 N–H and O–H groups in total. The van der Waals surface area contributed by atoms with Gasteiger partial charge in [-0.15, -0.1) is 0 Å². The number of methoxy groups -OCH3 is 3. The second-order valence-electron chi connectivity index (χ2n) is 6.39. The Balaban J connectivity index is 2.98. The molecule has 0 aliphatic rings. The molecule has 1 aromatic carbocycles. The zero-order chi connectivity index (χ0) is 22.7. The fourth-order valence-corrected chi connectivity index (χ4v) is 3.05. The average molecular weight is 443 g/mol. The second-order valence-corrected chi connectivity index (χ2v) is 6.76. The Morgan fingerprint density at radius 3 is 2.57 bits per heavy atom. The van der Waals surface area contributed by atoms with Crippen LogP contribution in [-0.2, 0) is 20.6 Å². The number of allylic oxidation sites excluding steroid dienone is 3. The second kappa shape index (κ2) is 12.4. The lowest BCUT2D eigenvalue weighted by Crippen LogP contribution is -2.58. The number of aliphatic hydroxyl groups is 1. The Morgan fingerprint density at radius 2 is 2.03 bits per heavy atom. The maximum atomic E-state index is 11.5. The quantitative estimate of drug-likeness (QED) is 0.356. The third kappa shape index (κ3) is 7.21. The lowest BCUT2D eigenvalue weighted by molar-refractivity contribution is -0.261. The molecule has 0 radical (unpaired) electrons. The molecule has 0 bridgehead atoms. The van der Waals surface area contributed by atoms with Crippen molar-refractivity contribution in [3.05, 3.63) is 46.5 Å². The zero-order valence-corrected chi connectivity index (χ0v) is 19.0. The molecule has 9 heteroatoms. The van der Waals surface area contributed by atoms with Gasteiger partial charge >= 0.3 is 6.09 Å². The maximum absolute atomic E-state index is 11.5. The molecular weight excluding hydrogens is 412 g/mol. The monoisotopic (exact) mass is 442 g/mol. The van der Waals surface area contributed by atoms with Gasteiger partial charge in [-0.2, -0.15) is 0 Å². The van der Waals surface area contributed by atoms with Gasteiger partial charge in [-0.3, -0.25) is 5.32 Å². The van der Waals surface area contributed by atoms with Crippen LogP contribution in [0.25, 0.3) is 0 Å². The first-order valence-electron chi connectivity index (χ1n) is 9.37. The van der Waals surface area contributed by atoms with Crippen molar-refractivity contribution >= 4 is 23.4 Å². The van der Waals surface area contributed by atoms with E-state index in [0.29, 0.717) is 17.2 Å². The highest BCUT2D eigenvalue weighted by molar-refractivity contribution is 6.34. The molecule has 0 spiro atoms. The number of nitrogens with one attached hydrogen (secondary N) is 2. The van der Waals surface area contributed by atoms with Crippen molar-refractivity contribution in [1.82, 2.24) is 5.32 Å². The number of alkyl carbamates (subject to hydrolysis) is 1. The number of halogens is 1. The van der Waals surface area contributed by atoms with E-state index in [9.17, 15) is 9.90 Å². The number of amides is 1. The molecule has 0 aromatic heterocycles. The molecule has 8 nitrogen and oxygen atoms in total. The van der Waals surface area contributed by atoms with Crippen molar-refractivity contribution in [1.29, 1.82) is 0 Å². The summed E-state index contributed by atoms with van der Waals surface area (Å²) in [5.41, 5.74) is 2.84. The number of benzene rings is 1. The minimum atomic E-state index is -2.07. The summed E-state index contributed by atoms with van der Waals surface area (Å²) < 4.78 is 20.4. The van der Waals surface area contributed by atoms with E-state index < -0.39 is 18.1 Å². The highest BCUT2D eigenvalue weighted by Crippen LogP contribution is 2.34. The molecule has 1 aromatic rings. The van der Waals surface area contributed by atoms with Crippen molar-refractivity contribution < 1.29 is 28.8 Å². The van der Waals surface area contributed by atoms with Crippen LogP contribution in [0.15, 0.2) is 35.9 Å². The summed E-state index contributed by atoms with van der Waals surface area (Å²) in [6.07, 6.45) is 4.02. The molecule has 2 unspecified atom stereocenters. The Bertz CT molecular complexity index is 743. The van der Waals surface area contributed by atoms with Gasteiger partial charge in [-0.1, -0.05) is 29.3 Å². The van der Waals surface area contributed by atoms with Crippen LogP contribution in [-0.4, -0.2) is 58.2 Å². The first-order valence-corrected chi connectivity index (χ1v) is 9.75. The molecule has 0 aliphatic carbocycles. The minimum absolute atomic E-state index is 0.148. The lowest BCUT2D eigenvalue weighted by atomic mass is 10.0. The van der Waals surface area contributed by atoms with Gasteiger partial charge in [0, 0.05) is 20.8 Å². The maximum Gasteiger partial charge on any atom is 0.411 e. The standard InChI is InChI=1S/C21H31ClN2O6/c1-7-30-21(26,24-20(25)29-6)18(28-5)10-8-9-14(2)11-15-12-16(23-3)19(22)17(13-15)27-4/h8-10,12-13,18,23,26H,7,11H2,1-6H3,(H,24,25)/b10-8+,14-9+. The van der Waals surface area contributed by atoms with Crippen LogP contribution in [0.4, 0.5) is 10.5 Å². The number of rotatable bonds is 11. The van der Waals surface area contributed by atoms with E-state index >= 15 is 0 Å². The number of ether oxygens (including phenoxy) is 4. The molecule has 0 saturated carbocycles. The molecule has 30 heavy (non-hydrogen) atoms. The largest absolute Gasteiger partial charge is 0.495 e. The molecular formula is C21H31ClN2O6. The van der Waals surface area contributed by atoms with E-state index in [4.69, 9.17) is 25.8 Å². The van der Waals surface area contributed by atoms with Crippen LogP contribution in [0.3, 0.4) is 0 Å². The normalized spacial score (nSPS) is 14.9. The van der Waals surface area contributed by atoms with Crippen LogP contribution >= 0.6 is 11.6 Å². The summed E-state index contributed by atoms with van der Waals surface area (Å²) in [6, 6.07) is 3.84. The summed E-state index contributed by atoms with van der Waals surface area (Å²) >= 11 is 6.27. The van der Waals surface area contributed by atoms with E-state index in [-0.39, 0.29) is 6.61 Å². The van der Waals surface area contributed by atoms with E-state index in [2.05, 4.69) is 15.4 Å². The molecule has 0 heterocycles. The van der Waals surface area contributed by atoms with E-state index in [1.807, 2.05) is 25.1 Å². The SMILES string of the molecule is CCOC(O)(NC(=O)OC)C(/C=C/C=C(\C)Cc1cc(NC)c(Cl)c(OC)c1)OC. The molecule has 2 atom stereocenters. The van der Waals surface area contributed by atoms with Crippen molar-refractivity contribution in [3.8, 4) is 5.75 Å². The van der Waals surface area contributed by atoms with E-state index in [1.54, 1.807) is 33.2 Å². The van der Waals surface area contributed by atoms with Gasteiger partial charge in [0.05, 0.1) is 19.9 Å². The van der Waals surface area contributed by atoms with Crippen LogP contribution in [0.1, 0.15) is 19.4 Å². The predicted octanol–water partition coefficient (Wildman–Crippen LogP) is 3.49. The lowest BCUT2D eigenvalue weighted by Gasteiger charge is -2.32. The number of hydrogen-bond acceptors (Lipinski definition) is 7. The van der Waals surface area contributed by atoms with Gasteiger partial charge in [-0.25, -0.2) is 4.79 Å². The Morgan fingerprint density at radius 1 is 1.33 bits per heavy atom. The van der Waals surface area contributed by atoms with Crippen LogP contribution in [0.5, 0.6) is 5.75 Å². The number of hydrogen-bond donors (Lipinski definition) is 3. The highest BCUT2D eigenvalue weighted by Gasteiger charge is 2.39. The summed E-state index contributed by atoms with van der Waals surface area (Å²) in [6.45, 7) is 3.80. The number of anilines is 1. The van der Waals surface area contributed by atoms with Crippen LogP contribution in [0, 0.1) is 0 Å². The van der Waals surface area contributed by atoms with Gasteiger partial charge in [0.1, 0.15) is 10.8 Å². The zero-order valence-electron chi connectivity index (χ0n) is 18.2. The first kappa shape index (κ1) is 25.8. The van der Waals surface area contributed by atoms with Crippen molar-refractivity contribution in [3.63, 3.8) is 0 Å². The van der Waals surface area contributed by atoms with Gasteiger partial charge in [0.15, 0.2) is 6.10 Å². The Labute approximate surface area is 182 Å². The molecule has 0 fully saturated rings. The number of carbonyl (C=O) groups excluding carboxylic acids is 1. The summed E-state index contributed by atoms with van der Waals surface area (Å²) in [5, 5.41) is 16.5. The topological polar surface area (TPSA) is 98.3 Å². The molecule has 1 amide bonds. The summed E-state index contributed by atoms with van der Waals surface area (Å²) in [4.78, 5) is 11.5. The van der Waals surface area contributed by atoms with Crippen molar-refractivity contribution in [2.45, 2.75) is 32.3 Å². The molecule has 168 valence electrons. The average Bonchev–Trinajstić information content (AvgIpc) is 2.72. The van der Waals surface area contributed by atoms with Crippen molar-refractivity contribution in [2.75, 3.05) is 40.3 Å². The fraction of sp³-hybridized carbons (Fsp3) is 0.476. The Kier molecular flexibility index (Phi) is 10.7. The third-order valence-corrected chi connectivity index (χ3v) is 4.60. The highest BCUT2D eigenvalue weighted by atomic mass is 35.5. The smallest absolute Gasteiger partial charge is 0.411 e. The minimum Gasteiger partial charge on any atom is -0.495 e. The van der Waals surface area contributed by atoms with Gasteiger partial charge in [0.25, 0.3) is 5.91 Å². The van der Waals surface area contributed by atoms with Gasteiger partial charge in [-0.05, 0) is 44.0 Å². The first-order chi connectivity index (χ1) is 14.2. The Hall–Kier alpha value is -2.26. The van der Waals surface area contributed by atoms with E-state index in [1.165, 1.54) is 14.2 Å². The number of carbonyl (C=O) groups is 1. The van der Waals surface area contributed by atoms with Crippen LogP contribution < -0.4 is 15.4 Å². The van der Waals surface area contributed by atoms with Gasteiger partial charge < -0.3 is 29.4 Å². The van der Waals surface area contributed by atoms with Gasteiger partial charge in [0.2, 0.25) is 0 Å². The summed E-state index contributed by atoms with van der Waals surface area (Å²) in [5.74, 6) is -1.47. The third-order valence-electron chi connectivity index (χ3n) is 4.21. The molecule has 0 saturated heterocycles. The van der Waals surface area contributed by atoms with Crippen molar-refractivity contribution in [2.24, 2.45) is 0 Å². The molecule has 1 rings (SSSR count). The van der Waals surface area contributed by atoms with Crippen LogP contribution in [0.2, 0.25) is 5.02 Å². The fourth-order valence-electron chi connectivity index (χ4n) is 2.76.